The Kier molecular flexibility index (Phi) is 6.33. The lowest BCUT2D eigenvalue weighted by Gasteiger charge is -2.23. The molecule has 0 aromatic carbocycles. The van der Waals surface area contributed by atoms with Crippen molar-refractivity contribution in [3.63, 3.8) is 0 Å². The molecule has 0 bridgehead atoms. The third kappa shape index (κ3) is 3.88. The van der Waals surface area contributed by atoms with Gasteiger partial charge in [-0.25, -0.2) is 0 Å². The van der Waals surface area contributed by atoms with Crippen molar-refractivity contribution in [1.29, 1.82) is 0 Å². The van der Waals surface area contributed by atoms with Gasteiger partial charge in [0.25, 0.3) is 0 Å². The summed E-state index contributed by atoms with van der Waals surface area (Å²) >= 11 is 3.50. The fourth-order valence-electron chi connectivity index (χ4n) is 1.71. The smallest absolute Gasteiger partial charge is 0.240 e. The standard InChI is InChI=1S/C11H16N2OS2.ClH/c1-2-13(6-9-4-3-5-16-9)11(14)10-7-15-8-12-10;/h3-5,10,12H,2,6-8H2,1H3;1H. The van der Waals surface area contributed by atoms with Crippen LogP contribution in [0.3, 0.4) is 0 Å². The number of thioether (sulfide) groups is 1. The third-order valence-electron chi connectivity index (χ3n) is 2.63. The summed E-state index contributed by atoms with van der Waals surface area (Å²) in [5, 5.41) is 5.28. The highest BCUT2D eigenvalue weighted by molar-refractivity contribution is 7.99. The zero-order valence-electron chi connectivity index (χ0n) is 9.72. The molecule has 1 aliphatic rings. The van der Waals surface area contributed by atoms with Crippen molar-refractivity contribution < 1.29 is 4.79 Å². The van der Waals surface area contributed by atoms with Gasteiger partial charge >= 0.3 is 0 Å². The first-order valence-corrected chi connectivity index (χ1v) is 7.47. The van der Waals surface area contributed by atoms with Crippen LogP contribution >= 0.6 is 35.5 Å². The average molecular weight is 293 g/mol. The van der Waals surface area contributed by atoms with Crippen molar-refractivity contribution in [1.82, 2.24) is 10.2 Å². The van der Waals surface area contributed by atoms with E-state index >= 15 is 0 Å². The van der Waals surface area contributed by atoms with Crippen molar-refractivity contribution in [2.45, 2.75) is 19.5 Å². The van der Waals surface area contributed by atoms with Gasteiger partial charge in [0.05, 0.1) is 12.6 Å². The molecular weight excluding hydrogens is 276 g/mol. The van der Waals surface area contributed by atoms with Gasteiger partial charge in [-0.1, -0.05) is 6.07 Å². The number of hydrogen-bond donors (Lipinski definition) is 1. The number of likely N-dealkylation sites (N-methyl/N-ethyl adjacent to an activating group) is 1. The Bertz CT molecular complexity index is 339. The van der Waals surface area contributed by atoms with Crippen LogP contribution in [0, 0.1) is 0 Å². The Hall–Kier alpha value is -0.230. The third-order valence-corrected chi connectivity index (χ3v) is 4.44. The van der Waals surface area contributed by atoms with Crippen LogP contribution in [-0.4, -0.2) is 35.0 Å². The molecule has 0 saturated carbocycles. The number of thiophene rings is 1. The summed E-state index contributed by atoms with van der Waals surface area (Å²) < 4.78 is 0. The van der Waals surface area contributed by atoms with Crippen LogP contribution in [-0.2, 0) is 11.3 Å². The van der Waals surface area contributed by atoms with E-state index in [0.29, 0.717) is 0 Å². The van der Waals surface area contributed by atoms with Gasteiger partial charge in [0.1, 0.15) is 0 Å². The van der Waals surface area contributed by atoms with Crippen molar-refractivity contribution in [3.8, 4) is 0 Å². The second kappa shape index (κ2) is 7.26. The normalized spacial score (nSPS) is 18.8. The fourth-order valence-corrected chi connectivity index (χ4v) is 3.36. The van der Waals surface area contributed by atoms with Gasteiger partial charge in [0.2, 0.25) is 5.91 Å². The lowest BCUT2D eigenvalue weighted by atomic mass is 10.2. The minimum Gasteiger partial charge on any atom is -0.336 e. The van der Waals surface area contributed by atoms with E-state index in [1.165, 1.54) is 4.88 Å². The zero-order valence-corrected chi connectivity index (χ0v) is 12.2. The molecule has 1 unspecified atom stereocenters. The first kappa shape index (κ1) is 14.8. The Morgan fingerprint density at radius 3 is 3.00 bits per heavy atom. The molecule has 0 radical (unpaired) electrons. The first-order chi connectivity index (χ1) is 7.81. The van der Waals surface area contributed by atoms with Gasteiger partial charge in [-0.2, -0.15) is 0 Å². The van der Waals surface area contributed by atoms with Gasteiger partial charge < -0.3 is 4.90 Å². The Morgan fingerprint density at radius 1 is 1.65 bits per heavy atom. The van der Waals surface area contributed by atoms with Gasteiger partial charge in [-0.15, -0.1) is 35.5 Å². The summed E-state index contributed by atoms with van der Waals surface area (Å²) in [5.74, 6) is 2.04. The molecule has 1 aliphatic heterocycles. The van der Waals surface area contributed by atoms with E-state index in [1.54, 1.807) is 23.1 Å². The van der Waals surface area contributed by atoms with Crippen LogP contribution in [0.1, 0.15) is 11.8 Å². The summed E-state index contributed by atoms with van der Waals surface area (Å²) in [4.78, 5) is 15.3. The summed E-state index contributed by atoms with van der Waals surface area (Å²) in [7, 11) is 0. The van der Waals surface area contributed by atoms with E-state index in [2.05, 4.69) is 16.8 Å². The predicted molar refractivity (Wildman–Crippen MR) is 76.9 cm³/mol. The SMILES string of the molecule is CCN(Cc1cccs1)C(=O)C1CSCN1.Cl. The number of halogens is 1. The number of nitrogens with zero attached hydrogens (tertiary/aromatic N) is 1. The second-order valence-electron chi connectivity index (χ2n) is 3.70. The molecule has 6 heteroatoms. The monoisotopic (exact) mass is 292 g/mol. The maximum Gasteiger partial charge on any atom is 0.240 e. The van der Waals surface area contributed by atoms with Crippen molar-refractivity contribution in [3.05, 3.63) is 22.4 Å². The van der Waals surface area contributed by atoms with Gasteiger partial charge in [0, 0.05) is 23.1 Å². The molecule has 1 aromatic rings. The highest BCUT2D eigenvalue weighted by Crippen LogP contribution is 2.16. The van der Waals surface area contributed by atoms with E-state index in [-0.39, 0.29) is 24.4 Å². The van der Waals surface area contributed by atoms with E-state index in [1.807, 2.05) is 17.9 Å². The van der Waals surface area contributed by atoms with Crippen molar-refractivity contribution >= 4 is 41.4 Å². The van der Waals surface area contributed by atoms with Crippen molar-refractivity contribution in [2.75, 3.05) is 18.2 Å². The number of hydrogen-bond acceptors (Lipinski definition) is 4. The number of rotatable bonds is 4. The highest BCUT2D eigenvalue weighted by atomic mass is 35.5. The van der Waals surface area contributed by atoms with Gasteiger partial charge in [-0.3, -0.25) is 10.1 Å². The molecule has 1 amide bonds. The number of carbonyl (C=O) groups excluding carboxylic acids is 1. The average Bonchev–Trinajstić information content (AvgIpc) is 2.97. The fraction of sp³-hybridized carbons (Fsp3) is 0.545. The maximum absolute atomic E-state index is 12.2. The number of nitrogens with one attached hydrogen (secondary N) is 1. The molecule has 2 rings (SSSR count). The molecule has 3 nitrogen and oxygen atoms in total. The molecule has 1 aromatic heterocycles. The molecule has 0 spiro atoms. The maximum atomic E-state index is 12.2. The van der Waals surface area contributed by atoms with E-state index < -0.39 is 0 Å². The molecule has 2 heterocycles. The molecule has 0 aliphatic carbocycles. The van der Waals surface area contributed by atoms with E-state index in [4.69, 9.17) is 0 Å². The van der Waals surface area contributed by atoms with Crippen LogP contribution in [0.2, 0.25) is 0 Å². The van der Waals surface area contributed by atoms with Crippen LogP contribution < -0.4 is 5.32 Å². The molecule has 1 fully saturated rings. The summed E-state index contributed by atoms with van der Waals surface area (Å²) in [6.45, 7) is 3.56. The molecule has 1 atom stereocenters. The lowest BCUT2D eigenvalue weighted by Crippen LogP contribution is -2.44. The van der Waals surface area contributed by atoms with Gasteiger partial charge in [0.15, 0.2) is 0 Å². The minimum absolute atomic E-state index is 0. The molecule has 96 valence electrons. The van der Waals surface area contributed by atoms with Crippen LogP contribution in [0.15, 0.2) is 17.5 Å². The summed E-state index contributed by atoms with van der Waals surface area (Å²) in [6.07, 6.45) is 0. The summed E-state index contributed by atoms with van der Waals surface area (Å²) in [5.41, 5.74) is 0. The Morgan fingerprint density at radius 2 is 2.47 bits per heavy atom. The van der Waals surface area contributed by atoms with Gasteiger partial charge in [-0.05, 0) is 18.4 Å². The topological polar surface area (TPSA) is 32.3 Å². The Balaban J connectivity index is 0.00000144. The van der Waals surface area contributed by atoms with Crippen molar-refractivity contribution in [2.24, 2.45) is 0 Å². The van der Waals surface area contributed by atoms with Crippen LogP contribution in [0.5, 0.6) is 0 Å². The van der Waals surface area contributed by atoms with Crippen LogP contribution in [0.4, 0.5) is 0 Å². The predicted octanol–water partition coefficient (Wildman–Crippen LogP) is 2.18. The minimum atomic E-state index is 0. The van der Waals surface area contributed by atoms with Crippen LogP contribution in [0.25, 0.3) is 0 Å². The molecular formula is C11H17ClN2OS2. The largest absolute Gasteiger partial charge is 0.336 e. The van der Waals surface area contributed by atoms with E-state index in [0.717, 1.165) is 24.7 Å². The first-order valence-electron chi connectivity index (χ1n) is 5.43. The molecule has 1 N–H and O–H groups in total. The molecule has 1 saturated heterocycles. The number of amides is 1. The second-order valence-corrected chi connectivity index (χ2v) is 5.77. The highest BCUT2D eigenvalue weighted by Gasteiger charge is 2.26. The Labute approximate surface area is 116 Å². The zero-order chi connectivity index (χ0) is 11.4. The number of carbonyl (C=O) groups is 1. The van der Waals surface area contributed by atoms with E-state index in [9.17, 15) is 4.79 Å². The molecule has 17 heavy (non-hydrogen) atoms. The summed E-state index contributed by atoms with van der Waals surface area (Å²) in [6, 6.07) is 4.13. The lowest BCUT2D eigenvalue weighted by molar-refractivity contribution is -0.133. The quantitative estimate of drug-likeness (QED) is 0.923.